The number of aromatic hydroxyl groups is 1. The Bertz CT molecular complexity index is 516. The average molecular weight is 217 g/mol. The zero-order chi connectivity index (χ0) is 11.5. The van der Waals surface area contributed by atoms with Crippen LogP contribution in [0.3, 0.4) is 0 Å². The predicted molar refractivity (Wildman–Crippen MR) is 59.5 cm³/mol. The first-order valence-corrected chi connectivity index (χ1v) is 4.82. The van der Waals surface area contributed by atoms with Crippen LogP contribution in [-0.2, 0) is 0 Å². The van der Waals surface area contributed by atoms with Crippen molar-refractivity contribution in [2.75, 3.05) is 5.32 Å². The molecule has 4 heteroatoms. The van der Waals surface area contributed by atoms with Gasteiger partial charge in [-0.15, -0.1) is 0 Å². The van der Waals surface area contributed by atoms with Crippen LogP contribution in [0.4, 0.5) is 5.69 Å². The molecule has 0 unspecified atom stereocenters. The van der Waals surface area contributed by atoms with Crippen molar-refractivity contribution >= 4 is 11.6 Å². The molecule has 82 valence electrons. The summed E-state index contributed by atoms with van der Waals surface area (Å²) in [5.41, 5.74) is 0.527. The maximum atomic E-state index is 11.7. The SMILES string of the molecule is Cc1ccc(C(=O)Nc2cccc(O)c2)o1. The molecule has 1 aromatic heterocycles. The summed E-state index contributed by atoms with van der Waals surface area (Å²) in [4.78, 5) is 11.7. The van der Waals surface area contributed by atoms with Gasteiger partial charge >= 0.3 is 0 Å². The quantitative estimate of drug-likeness (QED) is 0.812. The van der Waals surface area contributed by atoms with Gasteiger partial charge < -0.3 is 14.8 Å². The fourth-order valence-corrected chi connectivity index (χ4v) is 1.33. The number of benzene rings is 1. The molecule has 1 aromatic carbocycles. The number of phenolic OH excluding ortho intramolecular Hbond substituents is 1. The van der Waals surface area contributed by atoms with Gasteiger partial charge in [-0.1, -0.05) is 6.07 Å². The standard InChI is InChI=1S/C12H11NO3/c1-8-5-6-11(16-8)12(15)13-9-3-2-4-10(14)7-9/h2-7,14H,1H3,(H,13,15). The Kier molecular flexibility index (Phi) is 2.64. The number of hydrogen-bond acceptors (Lipinski definition) is 3. The predicted octanol–water partition coefficient (Wildman–Crippen LogP) is 2.55. The van der Waals surface area contributed by atoms with Gasteiger partial charge in [-0.05, 0) is 31.2 Å². The van der Waals surface area contributed by atoms with E-state index in [0.717, 1.165) is 0 Å². The number of aryl methyl sites for hydroxylation is 1. The lowest BCUT2D eigenvalue weighted by Crippen LogP contribution is -2.10. The van der Waals surface area contributed by atoms with Crippen molar-refractivity contribution in [2.24, 2.45) is 0 Å². The number of amides is 1. The molecule has 0 bridgehead atoms. The third-order valence-electron chi connectivity index (χ3n) is 2.07. The smallest absolute Gasteiger partial charge is 0.291 e. The van der Waals surface area contributed by atoms with E-state index >= 15 is 0 Å². The number of carbonyl (C=O) groups excluding carboxylic acids is 1. The molecule has 0 saturated heterocycles. The van der Waals surface area contributed by atoms with E-state index in [1.807, 2.05) is 0 Å². The van der Waals surface area contributed by atoms with Crippen LogP contribution in [0.15, 0.2) is 40.8 Å². The lowest BCUT2D eigenvalue weighted by Gasteiger charge is -2.02. The second kappa shape index (κ2) is 4.10. The number of furan rings is 1. The largest absolute Gasteiger partial charge is 0.508 e. The molecule has 0 atom stereocenters. The van der Waals surface area contributed by atoms with Gasteiger partial charge in [-0.3, -0.25) is 4.79 Å². The highest BCUT2D eigenvalue weighted by atomic mass is 16.3. The summed E-state index contributed by atoms with van der Waals surface area (Å²) in [6, 6.07) is 9.66. The second-order valence-electron chi connectivity index (χ2n) is 3.41. The summed E-state index contributed by atoms with van der Waals surface area (Å²) in [5, 5.41) is 11.8. The minimum atomic E-state index is -0.335. The van der Waals surface area contributed by atoms with Gasteiger partial charge in [0, 0.05) is 11.8 Å². The Balaban J connectivity index is 2.13. The van der Waals surface area contributed by atoms with E-state index < -0.39 is 0 Å². The van der Waals surface area contributed by atoms with Gasteiger partial charge in [0.2, 0.25) is 0 Å². The number of carbonyl (C=O) groups is 1. The summed E-state index contributed by atoms with van der Waals surface area (Å²) < 4.78 is 5.17. The van der Waals surface area contributed by atoms with Crippen LogP contribution in [0.5, 0.6) is 5.75 Å². The molecule has 0 spiro atoms. The Morgan fingerprint density at radius 3 is 2.75 bits per heavy atom. The molecule has 0 aliphatic heterocycles. The van der Waals surface area contributed by atoms with Crippen LogP contribution >= 0.6 is 0 Å². The van der Waals surface area contributed by atoms with Gasteiger partial charge in [-0.2, -0.15) is 0 Å². The molecule has 2 rings (SSSR count). The number of phenols is 1. The van der Waals surface area contributed by atoms with Crippen molar-refractivity contribution in [1.82, 2.24) is 0 Å². The van der Waals surface area contributed by atoms with Gasteiger partial charge in [0.05, 0.1) is 0 Å². The number of rotatable bonds is 2. The molecule has 1 heterocycles. The van der Waals surface area contributed by atoms with Gasteiger partial charge in [0.15, 0.2) is 5.76 Å². The van der Waals surface area contributed by atoms with Crippen LogP contribution in [-0.4, -0.2) is 11.0 Å². The van der Waals surface area contributed by atoms with Crippen LogP contribution < -0.4 is 5.32 Å². The van der Waals surface area contributed by atoms with Gasteiger partial charge in [-0.25, -0.2) is 0 Å². The van der Waals surface area contributed by atoms with Crippen LogP contribution in [0.2, 0.25) is 0 Å². The Morgan fingerprint density at radius 2 is 2.12 bits per heavy atom. The average Bonchev–Trinajstić information content (AvgIpc) is 2.65. The Labute approximate surface area is 92.5 Å². The van der Waals surface area contributed by atoms with E-state index in [0.29, 0.717) is 11.4 Å². The first-order valence-electron chi connectivity index (χ1n) is 4.82. The Morgan fingerprint density at radius 1 is 1.31 bits per heavy atom. The fraction of sp³-hybridized carbons (Fsp3) is 0.0833. The lowest BCUT2D eigenvalue weighted by molar-refractivity contribution is 0.0995. The molecule has 0 fully saturated rings. The number of nitrogens with one attached hydrogen (secondary N) is 1. The van der Waals surface area contributed by atoms with Crippen LogP contribution in [0, 0.1) is 6.92 Å². The summed E-state index contributed by atoms with van der Waals surface area (Å²) in [6.07, 6.45) is 0. The molecule has 0 saturated carbocycles. The van der Waals surface area contributed by atoms with E-state index in [2.05, 4.69) is 5.32 Å². The molecule has 1 amide bonds. The maximum absolute atomic E-state index is 11.7. The van der Waals surface area contributed by atoms with E-state index in [4.69, 9.17) is 4.42 Å². The number of hydrogen-bond donors (Lipinski definition) is 2. The molecule has 16 heavy (non-hydrogen) atoms. The van der Waals surface area contributed by atoms with Crippen LogP contribution in [0.1, 0.15) is 16.3 Å². The summed E-state index contributed by atoms with van der Waals surface area (Å²) in [7, 11) is 0. The topological polar surface area (TPSA) is 62.5 Å². The molecular weight excluding hydrogens is 206 g/mol. The van der Waals surface area contributed by atoms with Gasteiger partial charge in [0.1, 0.15) is 11.5 Å². The Hall–Kier alpha value is -2.23. The highest BCUT2D eigenvalue weighted by Gasteiger charge is 2.09. The highest BCUT2D eigenvalue weighted by Crippen LogP contribution is 2.16. The molecule has 0 radical (unpaired) electrons. The van der Waals surface area contributed by atoms with Crippen molar-refractivity contribution in [2.45, 2.75) is 6.92 Å². The molecule has 0 aliphatic rings. The van der Waals surface area contributed by atoms with Crippen molar-refractivity contribution in [3.8, 4) is 5.75 Å². The molecule has 2 aromatic rings. The van der Waals surface area contributed by atoms with Crippen molar-refractivity contribution in [3.05, 3.63) is 47.9 Å². The lowest BCUT2D eigenvalue weighted by atomic mass is 10.3. The summed E-state index contributed by atoms with van der Waals surface area (Å²) >= 11 is 0. The summed E-state index contributed by atoms with van der Waals surface area (Å²) in [6.45, 7) is 1.77. The third-order valence-corrected chi connectivity index (χ3v) is 2.07. The van der Waals surface area contributed by atoms with Crippen molar-refractivity contribution in [1.29, 1.82) is 0 Å². The van der Waals surface area contributed by atoms with E-state index in [1.165, 1.54) is 12.1 Å². The minimum absolute atomic E-state index is 0.105. The van der Waals surface area contributed by atoms with Crippen LogP contribution in [0.25, 0.3) is 0 Å². The highest BCUT2D eigenvalue weighted by molar-refractivity contribution is 6.02. The molecular formula is C12H11NO3. The minimum Gasteiger partial charge on any atom is -0.508 e. The maximum Gasteiger partial charge on any atom is 0.291 e. The number of anilines is 1. The molecule has 2 N–H and O–H groups in total. The van der Waals surface area contributed by atoms with E-state index in [9.17, 15) is 9.90 Å². The van der Waals surface area contributed by atoms with Crippen molar-refractivity contribution in [3.63, 3.8) is 0 Å². The zero-order valence-corrected chi connectivity index (χ0v) is 8.73. The first kappa shape index (κ1) is 10.3. The normalized spacial score (nSPS) is 10.1. The van der Waals surface area contributed by atoms with Gasteiger partial charge in [0.25, 0.3) is 5.91 Å². The monoisotopic (exact) mass is 217 g/mol. The van der Waals surface area contributed by atoms with Crippen molar-refractivity contribution < 1.29 is 14.3 Å². The fourth-order valence-electron chi connectivity index (χ4n) is 1.33. The zero-order valence-electron chi connectivity index (χ0n) is 8.73. The summed E-state index contributed by atoms with van der Waals surface area (Å²) in [5.74, 6) is 0.703. The molecule has 4 nitrogen and oxygen atoms in total. The van der Waals surface area contributed by atoms with E-state index in [-0.39, 0.29) is 17.4 Å². The van der Waals surface area contributed by atoms with E-state index in [1.54, 1.807) is 31.2 Å². The first-order chi connectivity index (χ1) is 7.65. The third kappa shape index (κ3) is 2.23. The second-order valence-corrected chi connectivity index (χ2v) is 3.41. The molecule has 0 aliphatic carbocycles.